The maximum Gasteiger partial charge on any atom is 0.0167 e. The highest BCUT2D eigenvalue weighted by molar-refractivity contribution is 5.17. The summed E-state index contributed by atoms with van der Waals surface area (Å²) < 4.78 is 0. The van der Waals surface area contributed by atoms with Gasteiger partial charge in [0, 0.05) is 6.54 Å². The minimum Gasteiger partial charge on any atom is -0.313 e. The Morgan fingerprint density at radius 2 is 2.31 bits per heavy atom. The molecule has 1 fully saturated rings. The summed E-state index contributed by atoms with van der Waals surface area (Å²) in [7, 11) is 0. The van der Waals surface area contributed by atoms with E-state index >= 15 is 0 Å². The highest BCUT2D eigenvalue weighted by Crippen LogP contribution is 2.16. The van der Waals surface area contributed by atoms with E-state index in [2.05, 4.69) is 31.0 Å². The normalized spacial score (nSPS) is 27.8. The van der Waals surface area contributed by atoms with Gasteiger partial charge in [0.15, 0.2) is 0 Å². The van der Waals surface area contributed by atoms with Gasteiger partial charge < -0.3 is 5.32 Å². The quantitative estimate of drug-likeness (QED) is 0.639. The summed E-state index contributed by atoms with van der Waals surface area (Å²) >= 11 is 0. The number of hydrogen-bond donors (Lipinski definition) is 1. The standard InChI is InChI=1S/C12H19N/c1-3-4-5-6-12-9-11(2)7-8-13-10-12/h3-6,11,13H,1,7-10H2,2H3/b5-4-,12-6+. The molecule has 1 heteroatoms. The van der Waals surface area contributed by atoms with E-state index in [-0.39, 0.29) is 0 Å². The zero-order valence-corrected chi connectivity index (χ0v) is 8.42. The first kappa shape index (κ1) is 10.3. The Morgan fingerprint density at radius 1 is 1.46 bits per heavy atom. The van der Waals surface area contributed by atoms with Gasteiger partial charge in [-0.1, -0.05) is 43.4 Å². The molecule has 1 aliphatic rings. The molecule has 1 heterocycles. The van der Waals surface area contributed by atoms with Crippen LogP contribution in [0.3, 0.4) is 0 Å². The second-order valence-electron chi connectivity index (χ2n) is 3.72. The molecule has 0 aliphatic carbocycles. The summed E-state index contributed by atoms with van der Waals surface area (Å²) in [6.07, 6.45) is 10.6. The molecule has 0 spiro atoms. The molecule has 72 valence electrons. The molecule has 0 aromatic heterocycles. The second-order valence-corrected chi connectivity index (χ2v) is 3.72. The Bertz CT molecular complexity index is 213. The average Bonchev–Trinajstić information content (AvgIpc) is 2.31. The molecule has 0 saturated carbocycles. The predicted molar refractivity (Wildman–Crippen MR) is 58.7 cm³/mol. The van der Waals surface area contributed by atoms with Crippen molar-refractivity contribution in [3.05, 3.63) is 36.5 Å². The van der Waals surface area contributed by atoms with Gasteiger partial charge >= 0.3 is 0 Å². The topological polar surface area (TPSA) is 12.0 Å². The largest absolute Gasteiger partial charge is 0.313 e. The van der Waals surface area contributed by atoms with E-state index in [1.807, 2.05) is 12.2 Å². The van der Waals surface area contributed by atoms with Crippen LogP contribution in [0, 0.1) is 5.92 Å². The van der Waals surface area contributed by atoms with Gasteiger partial charge in [0.05, 0.1) is 0 Å². The van der Waals surface area contributed by atoms with Crippen molar-refractivity contribution in [2.75, 3.05) is 13.1 Å². The van der Waals surface area contributed by atoms with Crippen molar-refractivity contribution in [3.63, 3.8) is 0 Å². The Morgan fingerprint density at radius 3 is 3.08 bits per heavy atom. The molecule has 0 radical (unpaired) electrons. The van der Waals surface area contributed by atoms with Gasteiger partial charge in [-0.15, -0.1) is 0 Å². The van der Waals surface area contributed by atoms with E-state index in [1.165, 1.54) is 18.4 Å². The van der Waals surface area contributed by atoms with Crippen molar-refractivity contribution >= 4 is 0 Å². The minimum atomic E-state index is 0.818. The molecule has 1 saturated heterocycles. The molecule has 1 nitrogen and oxygen atoms in total. The summed E-state index contributed by atoms with van der Waals surface area (Å²) in [5, 5.41) is 3.43. The summed E-state index contributed by atoms with van der Waals surface area (Å²) in [5.41, 5.74) is 1.50. The fraction of sp³-hybridized carbons (Fsp3) is 0.500. The molecule has 13 heavy (non-hydrogen) atoms. The van der Waals surface area contributed by atoms with Crippen molar-refractivity contribution in [1.82, 2.24) is 5.32 Å². The molecule has 0 bridgehead atoms. The number of rotatable bonds is 2. The first-order valence-corrected chi connectivity index (χ1v) is 5.00. The Kier molecular flexibility index (Phi) is 4.55. The predicted octanol–water partition coefficient (Wildman–Crippen LogP) is 2.67. The van der Waals surface area contributed by atoms with Crippen LogP contribution in [0.2, 0.25) is 0 Å². The highest BCUT2D eigenvalue weighted by Gasteiger charge is 2.09. The number of hydrogen-bond acceptors (Lipinski definition) is 1. The molecular weight excluding hydrogens is 158 g/mol. The third-order valence-corrected chi connectivity index (χ3v) is 2.36. The number of nitrogens with one attached hydrogen (secondary N) is 1. The maximum atomic E-state index is 3.65. The van der Waals surface area contributed by atoms with E-state index in [9.17, 15) is 0 Å². The fourth-order valence-electron chi connectivity index (χ4n) is 1.62. The molecular formula is C12H19N. The summed E-state index contributed by atoms with van der Waals surface area (Å²) in [5.74, 6) is 0.818. The van der Waals surface area contributed by atoms with E-state index < -0.39 is 0 Å². The van der Waals surface area contributed by atoms with Gasteiger partial charge in [-0.3, -0.25) is 0 Å². The maximum absolute atomic E-state index is 3.65. The van der Waals surface area contributed by atoms with Crippen LogP contribution in [0.1, 0.15) is 19.8 Å². The van der Waals surface area contributed by atoms with Crippen LogP contribution in [-0.2, 0) is 0 Å². The first-order valence-electron chi connectivity index (χ1n) is 5.00. The van der Waals surface area contributed by atoms with E-state index in [1.54, 1.807) is 0 Å². The average molecular weight is 177 g/mol. The van der Waals surface area contributed by atoms with Crippen LogP contribution < -0.4 is 5.32 Å². The Balaban J connectivity index is 2.51. The lowest BCUT2D eigenvalue weighted by atomic mass is 10.00. The van der Waals surface area contributed by atoms with E-state index in [0.29, 0.717) is 0 Å². The van der Waals surface area contributed by atoms with Crippen LogP contribution in [0.4, 0.5) is 0 Å². The summed E-state index contributed by atoms with van der Waals surface area (Å²) in [4.78, 5) is 0. The van der Waals surface area contributed by atoms with Crippen LogP contribution in [-0.4, -0.2) is 13.1 Å². The van der Waals surface area contributed by atoms with Crippen LogP contribution >= 0.6 is 0 Å². The lowest BCUT2D eigenvalue weighted by molar-refractivity contribution is 0.544. The highest BCUT2D eigenvalue weighted by atomic mass is 14.9. The van der Waals surface area contributed by atoms with Gasteiger partial charge in [-0.05, 0) is 25.3 Å². The van der Waals surface area contributed by atoms with Crippen LogP contribution in [0.15, 0.2) is 36.5 Å². The van der Waals surface area contributed by atoms with Gasteiger partial charge in [-0.25, -0.2) is 0 Å². The van der Waals surface area contributed by atoms with E-state index in [0.717, 1.165) is 19.0 Å². The van der Waals surface area contributed by atoms with Crippen molar-refractivity contribution in [1.29, 1.82) is 0 Å². The van der Waals surface area contributed by atoms with Gasteiger partial charge in [0.1, 0.15) is 0 Å². The van der Waals surface area contributed by atoms with Gasteiger partial charge in [0.2, 0.25) is 0 Å². The summed E-state index contributed by atoms with van der Waals surface area (Å²) in [6.45, 7) is 8.17. The summed E-state index contributed by atoms with van der Waals surface area (Å²) in [6, 6.07) is 0. The van der Waals surface area contributed by atoms with Crippen molar-refractivity contribution in [2.24, 2.45) is 5.92 Å². The molecule has 0 amide bonds. The van der Waals surface area contributed by atoms with E-state index in [4.69, 9.17) is 0 Å². The Labute approximate surface area is 81.2 Å². The third-order valence-electron chi connectivity index (χ3n) is 2.36. The molecule has 1 atom stereocenters. The van der Waals surface area contributed by atoms with Crippen LogP contribution in [0.5, 0.6) is 0 Å². The third kappa shape index (κ3) is 4.09. The van der Waals surface area contributed by atoms with Crippen LogP contribution in [0.25, 0.3) is 0 Å². The SMILES string of the molecule is C=C/C=C\C=C1\CNCCC(C)C1. The van der Waals surface area contributed by atoms with Crippen molar-refractivity contribution in [2.45, 2.75) is 19.8 Å². The molecule has 1 rings (SSSR count). The van der Waals surface area contributed by atoms with Gasteiger partial charge in [0.25, 0.3) is 0 Å². The van der Waals surface area contributed by atoms with Crippen molar-refractivity contribution < 1.29 is 0 Å². The molecule has 1 N–H and O–H groups in total. The Hall–Kier alpha value is -0.820. The lowest BCUT2D eigenvalue weighted by Crippen LogP contribution is -2.15. The van der Waals surface area contributed by atoms with Crippen molar-refractivity contribution in [3.8, 4) is 0 Å². The molecule has 1 aliphatic heterocycles. The zero-order chi connectivity index (χ0) is 9.52. The fourth-order valence-corrected chi connectivity index (χ4v) is 1.62. The van der Waals surface area contributed by atoms with Gasteiger partial charge in [-0.2, -0.15) is 0 Å². The monoisotopic (exact) mass is 177 g/mol. The molecule has 0 aromatic rings. The molecule has 1 unspecified atom stereocenters. The smallest absolute Gasteiger partial charge is 0.0167 e. The molecule has 0 aromatic carbocycles. The lowest BCUT2D eigenvalue weighted by Gasteiger charge is -2.06. The minimum absolute atomic E-state index is 0.818. The number of allylic oxidation sites excluding steroid dienone is 4. The zero-order valence-electron chi connectivity index (χ0n) is 8.42. The second kappa shape index (κ2) is 5.76. The first-order chi connectivity index (χ1) is 6.33.